The second-order valence-corrected chi connectivity index (χ2v) is 11.2. The molecule has 0 radical (unpaired) electrons. The maximum absolute atomic E-state index is 14.0. The van der Waals surface area contributed by atoms with Gasteiger partial charge in [0.25, 0.3) is 5.56 Å². The van der Waals surface area contributed by atoms with Gasteiger partial charge in [-0.3, -0.25) is 9.36 Å². The Hall–Kier alpha value is -4.23. The highest BCUT2D eigenvalue weighted by Gasteiger charge is 2.35. The van der Waals surface area contributed by atoms with E-state index < -0.39 is 12.0 Å². The lowest BCUT2D eigenvalue weighted by molar-refractivity contribution is -0.138. The molecule has 1 aliphatic heterocycles. The van der Waals surface area contributed by atoms with Crippen LogP contribution in [0.3, 0.4) is 0 Å². The molecule has 0 N–H and O–H groups in total. The first-order chi connectivity index (χ1) is 19.3. The van der Waals surface area contributed by atoms with E-state index in [9.17, 15) is 9.59 Å². The number of benzene rings is 3. The molecule has 0 aliphatic carbocycles. The molecule has 0 saturated heterocycles. The molecular weight excluding hydrogens is 518 g/mol. The summed E-state index contributed by atoms with van der Waals surface area (Å²) in [6, 6.07) is 25.1. The first-order valence-corrected chi connectivity index (χ1v) is 14.3. The zero-order valence-corrected chi connectivity index (χ0v) is 24.2. The van der Waals surface area contributed by atoms with Gasteiger partial charge in [0, 0.05) is 25.3 Å². The van der Waals surface area contributed by atoms with Crippen LogP contribution in [-0.2, 0) is 9.53 Å². The van der Waals surface area contributed by atoms with Gasteiger partial charge in [0.1, 0.15) is 0 Å². The van der Waals surface area contributed by atoms with Crippen molar-refractivity contribution >= 4 is 34.8 Å². The predicted octanol–water partition coefficient (Wildman–Crippen LogP) is 5.13. The molecule has 6 nitrogen and oxygen atoms in total. The van der Waals surface area contributed by atoms with E-state index in [0.29, 0.717) is 26.5 Å². The van der Waals surface area contributed by atoms with E-state index in [2.05, 4.69) is 26.0 Å². The van der Waals surface area contributed by atoms with Crippen LogP contribution in [0.5, 0.6) is 0 Å². The zero-order chi connectivity index (χ0) is 28.4. The van der Waals surface area contributed by atoms with Crippen molar-refractivity contribution in [3.63, 3.8) is 0 Å². The van der Waals surface area contributed by atoms with Crippen LogP contribution in [-0.4, -0.2) is 31.2 Å². The van der Waals surface area contributed by atoms with Gasteiger partial charge in [-0.15, -0.1) is 0 Å². The van der Waals surface area contributed by atoms with Crippen LogP contribution in [0.4, 0.5) is 5.69 Å². The fraction of sp³-hybridized carbons (Fsp3) is 0.242. The quantitative estimate of drug-likeness (QED) is 0.299. The first-order valence-electron chi connectivity index (χ1n) is 13.4. The summed E-state index contributed by atoms with van der Waals surface area (Å²) < 4.78 is 7.75. The lowest BCUT2D eigenvalue weighted by Gasteiger charge is -2.26. The van der Waals surface area contributed by atoms with Crippen molar-refractivity contribution in [2.45, 2.75) is 32.7 Å². The van der Waals surface area contributed by atoms with Crippen LogP contribution in [0.25, 0.3) is 11.8 Å². The molecule has 0 spiro atoms. The third kappa shape index (κ3) is 5.29. The summed E-state index contributed by atoms with van der Waals surface area (Å²) in [6.45, 7) is 6.28. The minimum Gasteiger partial charge on any atom is -0.463 e. The van der Waals surface area contributed by atoms with E-state index in [-0.39, 0.29) is 12.2 Å². The maximum atomic E-state index is 14.0. The van der Waals surface area contributed by atoms with E-state index in [1.807, 2.05) is 91.8 Å². The summed E-state index contributed by atoms with van der Waals surface area (Å²) in [5.74, 6) is -0.119. The Morgan fingerprint density at radius 3 is 2.30 bits per heavy atom. The average molecular weight is 552 g/mol. The normalized spacial score (nSPS) is 15.2. The monoisotopic (exact) mass is 551 g/mol. The van der Waals surface area contributed by atoms with Gasteiger partial charge in [0.2, 0.25) is 0 Å². The third-order valence-corrected chi connectivity index (χ3v) is 7.98. The van der Waals surface area contributed by atoms with Crippen LogP contribution in [0, 0.1) is 0 Å². The minimum absolute atomic E-state index is 0.188. The van der Waals surface area contributed by atoms with Crippen molar-refractivity contribution < 1.29 is 9.53 Å². The molecule has 3 aromatic carbocycles. The Kier molecular flexibility index (Phi) is 7.85. The van der Waals surface area contributed by atoms with Gasteiger partial charge in [-0.1, -0.05) is 91.9 Å². The lowest BCUT2D eigenvalue weighted by atomic mass is 9.91. The van der Waals surface area contributed by atoms with Crippen molar-refractivity contribution in [1.29, 1.82) is 0 Å². The van der Waals surface area contributed by atoms with Gasteiger partial charge in [-0.25, -0.2) is 9.79 Å². The van der Waals surface area contributed by atoms with E-state index in [1.54, 1.807) is 11.5 Å². The largest absolute Gasteiger partial charge is 0.463 e. The van der Waals surface area contributed by atoms with Crippen LogP contribution in [0.1, 0.15) is 55.0 Å². The topological polar surface area (TPSA) is 63.9 Å². The number of rotatable bonds is 7. The van der Waals surface area contributed by atoms with E-state index in [4.69, 9.17) is 9.73 Å². The summed E-state index contributed by atoms with van der Waals surface area (Å²) >= 11 is 1.33. The van der Waals surface area contributed by atoms with Gasteiger partial charge in [-0.05, 0) is 47.7 Å². The maximum Gasteiger partial charge on any atom is 0.338 e. The smallest absolute Gasteiger partial charge is 0.338 e. The number of nitrogens with zero attached hydrogens (tertiary/aromatic N) is 3. The fourth-order valence-electron chi connectivity index (χ4n) is 4.84. The Morgan fingerprint density at radius 2 is 1.70 bits per heavy atom. The number of esters is 1. The lowest BCUT2D eigenvalue weighted by Crippen LogP contribution is -2.40. The zero-order valence-electron chi connectivity index (χ0n) is 23.4. The fourth-order valence-corrected chi connectivity index (χ4v) is 5.84. The molecule has 0 bridgehead atoms. The molecule has 40 heavy (non-hydrogen) atoms. The molecule has 1 aromatic heterocycles. The number of anilines is 1. The number of carbonyl (C=O) groups is 1. The average Bonchev–Trinajstić information content (AvgIpc) is 3.27. The number of fused-ring (bicyclic) bond motifs is 1. The standard InChI is InChI=1S/C33H33N3O3S/c1-6-39-32(38)28-29(24-10-8-7-9-11-24)34-33-36(30(28)25-16-14-23(15-17-25)21(2)3)31(37)27(40-33)20-22-12-18-26(19-13-22)35(4)5/h7-21,30H,6H2,1-5H3/b27-20-. The third-order valence-electron chi connectivity index (χ3n) is 7.00. The summed E-state index contributed by atoms with van der Waals surface area (Å²) in [7, 11) is 3.98. The highest BCUT2D eigenvalue weighted by atomic mass is 32.1. The van der Waals surface area contributed by atoms with E-state index in [0.717, 1.165) is 22.4 Å². The second-order valence-electron chi connectivity index (χ2n) is 10.2. The van der Waals surface area contributed by atoms with Crippen molar-refractivity contribution in [3.05, 3.63) is 126 Å². The van der Waals surface area contributed by atoms with Crippen LogP contribution < -0.4 is 19.8 Å². The highest BCUT2D eigenvalue weighted by Crippen LogP contribution is 2.35. The molecule has 0 saturated carbocycles. The number of aromatic nitrogens is 1. The summed E-state index contributed by atoms with van der Waals surface area (Å²) in [5, 5.41) is 0. The van der Waals surface area contributed by atoms with Gasteiger partial charge in [0.15, 0.2) is 4.80 Å². The van der Waals surface area contributed by atoms with E-state index in [1.165, 1.54) is 16.9 Å². The molecular formula is C33H33N3O3S. The Morgan fingerprint density at radius 1 is 1.02 bits per heavy atom. The Labute approximate surface area is 238 Å². The Balaban J connectivity index is 1.77. The van der Waals surface area contributed by atoms with Gasteiger partial charge in [0.05, 0.1) is 28.5 Å². The molecule has 7 heteroatoms. The molecule has 1 atom stereocenters. The SMILES string of the molecule is CCOC(=O)C1=C(c2ccccc2)N=c2s/c(=C\c3ccc(N(C)C)cc3)c(=O)n2C1c1ccc(C(C)C)cc1. The number of thiazole rings is 1. The van der Waals surface area contributed by atoms with E-state index >= 15 is 0 Å². The minimum atomic E-state index is -0.676. The molecule has 2 heterocycles. The van der Waals surface area contributed by atoms with Gasteiger partial charge < -0.3 is 9.64 Å². The second kappa shape index (κ2) is 11.5. The first kappa shape index (κ1) is 27.3. The molecule has 204 valence electrons. The highest BCUT2D eigenvalue weighted by molar-refractivity contribution is 7.07. The Bertz CT molecular complexity index is 1730. The van der Waals surface area contributed by atoms with Crippen molar-refractivity contribution in [1.82, 2.24) is 4.57 Å². The predicted molar refractivity (Wildman–Crippen MR) is 162 cm³/mol. The van der Waals surface area contributed by atoms with Crippen LogP contribution >= 0.6 is 11.3 Å². The van der Waals surface area contributed by atoms with Crippen molar-refractivity contribution in [2.75, 3.05) is 25.6 Å². The molecule has 0 amide bonds. The number of hydrogen-bond donors (Lipinski definition) is 0. The van der Waals surface area contributed by atoms with Crippen molar-refractivity contribution in [2.24, 2.45) is 4.99 Å². The molecule has 4 aromatic rings. The summed E-state index contributed by atoms with van der Waals surface area (Å²) in [5.41, 5.74) is 5.51. The number of hydrogen-bond acceptors (Lipinski definition) is 6. The number of ether oxygens (including phenoxy) is 1. The number of carbonyl (C=O) groups excluding carboxylic acids is 1. The summed E-state index contributed by atoms with van der Waals surface area (Å²) in [6.07, 6.45) is 1.89. The molecule has 0 fully saturated rings. The van der Waals surface area contributed by atoms with Crippen molar-refractivity contribution in [3.8, 4) is 0 Å². The molecule has 1 aliphatic rings. The molecule has 1 unspecified atom stereocenters. The molecule has 5 rings (SSSR count). The van der Waals surface area contributed by atoms with Crippen LogP contribution in [0.2, 0.25) is 0 Å². The van der Waals surface area contributed by atoms with Gasteiger partial charge in [-0.2, -0.15) is 0 Å². The van der Waals surface area contributed by atoms with Crippen LogP contribution in [0.15, 0.2) is 94.2 Å². The van der Waals surface area contributed by atoms with Gasteiger partial charge >= 0.3 is 5.97 Å². The summed E-state index contributed by atoms with van der Waals surface area (Å²) in [4.78, 5) is 35.1.